The van der Waals surface area contributed by atoms with Gasteiger partial charge in [-0.15, -0.1) is 0 Å². The molecule has 7 heteroatoms. The number of nitrogens with zero attached hydrogens (tertiary/aromatic N) is 2. The van der Waals surface area contributed by atoms with Crippen molar-refractivity contribution < 1.29 is 14.7 Å². The van der Waals surface area contributed by atoms with E-state index < -0.39 is 5.91 Å². The van der Waals surface area contributed by atoms with Gasteiger partial charge in [-0.05, 0) is 49.7 Å². The predicted molar refractivity (Wildman–Crippen MR) is 107 cm³/mol. The Bertz CT molecular complexity index is 858. The molecule has 0 aliphatic rings. The first-order valence-corrected chi connectivity index (χ1v) is 8.47. The van der Waals surface area contributed by atoms with Crippen LogP contribution in [-0.2, 0) is 4.79 Å². The topological polar surface area (TPSA) is 94.0 Å². The Balaban J connectivity index is 1.91. The average Bonchev–Trinajstić information content (AvgIpc) is 2.62. The van der Waals surface area contributed by atoms with Gasteiger partial charge in [-0.2, -0.15) is 5.10 Å². The van der Waals surface area contributed by atoms with Crippen molar-refractivity contribution in [1.29, 1.82) is 0 Å². The molecule has 0 saturated heterocycles. The Morgan fingerprint density at radius 3 is 2.41 bits per heavy atom. The zero-order valence-electron chi connectivity index (χ0n) is 15.9. The predicted octanol–water partition coefficient (Wildman–Crippen LogP) is 2.90. The van der Waals surface area contributed by atoms with Crippen LogP contribution in [0.2, 0.25) is 0 Å². The van der Waals surface area contributed by atoms with Crippen molar-refractivity contribution in [2.45, 2.75) is 20.3 Å². The van der Waals surface area contributed by atoms with Crippen LogP contribution in [0, 0.1) is 6.92 Å². The highest BCUT2D eigenvalue weighted by Crippen LogP contribution is 2.21. The van der Waals surface area contributed by atoms with Crippen LogP contribution in [0.15, 0.2) is 47.6 Å². The second-order valence-electron chi connectivity index (χ2n) is 6.43. The summed E-state index contributed by atoms with van der Waals surface area (Å²) in [6.45, 7) is 3.35. The quantitative estimate of drug-likeness (QED) is 0.540. The van der Waals surface area contributed by atoms with E-state index in [1.54, 1.807) is 26.0 Å². The van der Waals surface area contributed by atoms with Gasteiger partial charge in [0.1, 0.15) is 5.75 Å². The molecule has 3 N–H and O–H groups in total. The molecule has 0 fully saturated rings. The van der Waals surface area contributed by atoms with Crippen molar-refractivity contribution in [2.24, 2.45) is 5.10 Å². The minimum atomic E-state index is -0.532. The number of nitrogens with one attached hydrogen (secondary N) is 2. The van der Waals surface area contributed by atoms with Crippen LogP contribution in [-0.4, -0.2) is 36.7 Å². The summed E-state index contributed by atoms with van der Waals surface area (Å²) in [5.41, 5.74) is 5.26. The molecule has 0 heterocycles. The smallest absolute Gasteiger partial charge is 0.275 e. The molecule has 0 aromatic heterocycles. The average molecular weight is 368 g/mol. The Morgan fingerprint density at radius 2 is 1.78 bits per heavy atom. The number of hydrogen-bond acceptors (Lipinski definition) is 5. The van der Waals surface area contributed by atoms with Crippen LogP contribution < -0.4 is 15.6 Å². The van der Waals surface area contributed by atoms with Crippen LogP contribution in [0.5, 0.6) is 5.75 Å². The van der Waals surface area contributed by atoms with Crippen molar-refractivity contribution >= 4 is 28.9 Å². The van der Waals surface area contributed by atoms with Gasteiger partial charge in [0, 0.05) is 31.2 Å². The highest BCUT2D eigenvalue weighted by molar-refractivity contribution is 6.06. The first-order valence-electron chi connectivity index (χ1n) is 8.47. The van der Waals surface area contributed by atoms with E-state index in [4.69, 9.17) is 0 Å². The van der Waals surface area contributed by atoms with Gasteiger partial charge in [-0.1, -0.05) is 12.1 Å². The molecule has 2 aromatic rings. The molecule has 27 heavy (non-hydrogen) atoms. The van der Waals surface area contributed by atoms with Crippen molar-refractivity contribution in [3.8, 4) is 5.75 Å². The molecule has 142 valence electrons. The minimum Gasteiger partial charge on any atom is -0.507 e. The number of carbonyl (C=O) groups is 2. The zero-order chi connectivity index (χ0) is 20.0. The third-order valence-corrected chi connectivity index (χ3v) is 3.91. The number of para-hydroxylation sites is 1. The van der Waals surface area contributed by atoms with Gasteiger partial charge in [0.2, 0.25) is 5.91 Å². The normalized spacial score (nSPS) is 11.0. The van der Waals surface area contributed by atoms with E-state index in [-0.39, 0.29) is 23.6 Å². The number of anilines is 2. The van der Waals surface area contributed by atoms with Gasteiger partial charge in [0.25, 0.3) is 5.91 Å². The van der Waals surface area contributed by atoms with Crippen molar-refractivity contribution in [1.82, 2.24) is 5.43 Å². The van der Waals surface area contributed by atoms with E-state index in [0.29, 0.717) is 17.0 Å². The van der Waals surface area contributed by atoms with Gasteiger partial charge in [0.05, 0.1) is 12.0 Å². The summed E-state index contributed by atoms with van der Waals surface area (Å²) in [5.74, 6) is -0.849. The SMILES string of the molecule is C/C(CC(=O)Nc1ccc(N(C)C)cc1)=N\NC(=O)c1cccc(C)c1O. The summed E-state index contributed by atoms with van der Waals surface area (Å²) < 4.78 is 0. The summed E-state index contributed by atoms with van der Waals surface area (Å²) in [7, 11) is 3.89. The molecule has 7 nitrogen and oxygen atoms in total. The number of phenolic OH excluding ortho intramolecular Hbond substituents is 1. The highest BCUT2D eigenvalue weighted by Gasteiger charge is 2.12. The van der Waals surface area contributed by atoms with Crippen LogP contribution in [0.4, 0.5) is 11.4 Å². The van der Waals surface area contributed by atoms with Crippen molar-refractivity contribution in [2.75, 3.05) is 24.3 Å². The highest BCUT2D eigenvalue weighted by atomic mass is 16.3. The van der Waals surface area contributed by atoms with Gasteiger partial charge < -0.3 is 15.3 Å². The number of hydrazone groups is 1. The van der Waals surface area contributed by atoms with Gasteiger partial charge in [0.15, 0.2) is 0 Å². The lowest BCUT2D eigenvalue weighted by Crippen LogP contribution is -2.21. The van der Waals surface area contributed by atoms with Crippen LogP contribution >= 0.6 is 0 Å². The van der Waals surface area contributed by atoms with E-state index >= 15 is 0 Å². The van der Waals surface area contributed by atoms with Gasteiger partial charge >= 0.3 is 0 Å². The van der Waals surface area contributed by atoms with E-state index in [1.165, 1.54) is 6.07 Å². The first kappa shape index (κ1) is 20.0. The van der Waals surface area contributed by atoms with E-state index in [9.17, 15) is 14.7 Å². The second kappa shape index (κ2) is 8.84. The molecule has 0 spiro atoms. The maximum atomic E-state index is 12.1. The van der Waals surface area contributed by atoms with Gasteiger partial charge in [-0.25, -0.2) is 5.43 Å². The lowest BCUT2D eigenvalue weighted by Gasteiger charge is -2.13. The summed E-state index contributed by atoms with van der Waals surface area (Å²) in [4.78, 5) is 26.2. The van der Waals surface area contributed by atoms with Crippen molar-refractivity contribution in [3.05, 3.63) is 53.6 Å². The zero-order valence-corrected chi connectivity index (χ0v) is 15.9. The van der Waals surface area contributed by atoms with Crippen LogP contribution in [0.25, 0.3) is 0 Å². The Morgan fingerprint density at radius 1 is 1.11 bits per heavy atom. The number of benzene rings is 2. The Kier molecular flexibility index (Phi) is 6.54. The van der Waals surface area contributed by atoms with Crippen LogP contribution in [0.3, 0.4) is 0 Å². The third kappa shape index (κ3) is 5.57. The molecule has 0 atom stereocenters. The number of carbonyl (C=O) groups excluding carboxylic acids is 2. The lowest BCUT2D eigenvalue weighted by atomic mass is 10.1. The fraction of sp³-hybridized carbons (Fsp3) is 0.250. The molecular formula is C20H24N4O3. The molecule has 0 saturated carbocycles. The molecule has 0 bridgehead atoms. The summed E-state index contributed by atoms with van der Waals surface area (Å²) in [6, 6.07) is 12.3. The van der Waals surface area contributed by atoms with E-state index in [2.05, 4.69) is 15.8 Å². The molecule has 2 amide bonds. The van der Waals surface area contributed by atoms with E-state index in [1.807, 2.05) is 43.3 Å². The lowest BCUT2D eigenvalue weighted by molar-refractivity contribution is -0.115. The van der Waals surface area contributed by atoms with Gasteiger partial charge in [-0.3, -0.25) is 9.59 Å². The maximum Gasteiger partial charge on any atom is 0.275 e. The summed E-state index contributed by atoms with van der Waals surface area (Å²) in [6.07, 6.45) is 0.0372. The third-order valence-electron chi connectivity index (χ3n) is 3.91. The maximum absolute atomic E-state index is 12.1. The standard InChI is InChI=1S/C20H24N4O3/c1-13-6-5-7-17(19(13)26)20(27)23-22-14(2)12-18(25)21-15-8-10-16(11-9-15)24(3)4/h5-11,26H,12H2,1-4H3,(H,21,25)(H,23,27)/b22-14+. The number of rotatable bonds is 6. The minimum absolute atomic E-state index is 0.0372. The number of aromatic hydroxyl groups is 1. The van der Waals surface area contributed by atoms with Crippen LogP contribution in [0.1, 0.15) is 29.3 Å². The second-order valence-corrected chi connectivity index (χ2v) is 6.43. The number of phenols is 1. The Hall–Kier alpha value is -3.35. The van der Waals surface area contributed by atoms with Crippen molar-refractivity contribution in [3.63, 3.8) is 0 Å². The summed E-state index contributed by atoms with van der Waals surface area (Å²) in [5, 5.41) is 16.6. The Labute approximate surface area is 158 Å². The number of amides is 2. The summed E-state index contributed by atoms with van der Waals surface area (Å²) >= 11 is 0. The molecule has 0 radical (unpaired) electrons. The number of aryl methyl sites for hydroxylation is 1. The fourth-order valence-electron chi connectivity index (χ4n) is 2.37. The molecule has 0 aliphatic heterocycles. The largest absolute Gasteiger partial charge is 0.507 e. The fourth-order valence-corrected chi connectivity index (χ4v) is 2.37. The molecular weight excluding hydrogens is 344 g/mol. The first-order chi connectivity index (χ1) is 12.8. The molecule has 0 unspecified atom stereocenters. The molecule has 2 aromatic carbocycles. The van der Waals surface area contributed by atoms with E-state index in [0.717, 1.165) is 5.69 Å². The molecule has 2 rings (SSSR count). The monoisotopic (exact) mass is 368 g/mol. The molecule has 0 aliphatic carbocycles. The number of hydrogen-bond donors (Lipinski definition) is 3.